The van der Waals surface area contributed by atoms with E-state index in [1.165, 1.54) is 0 Å². The molecule has 3 aliphatic heterocycles. The molecule has 0 unspecified atom stereocenters. The monoisotopic (exact) mass is 558 g/mol. The zero-order valence-electron chi connectivity index (χ0n) is 23.5. The molecule has 10 nitrogen and oxygen atoms in total. The number of nitrogens with one attached hydrogen (secondary N) is 2. The third-order valence-corrected chi connectivity index (χ3v) is 8.11. The van der Waals surface area contributed by atoms with Crippen LogP contribution in [0.15, 0.2) is 48.7 Å². The first kappa shape index (κ1) is 27.6. The zero-order valence-corrected chi connectivity index (χ0v) is 23.5. The van der Waals surface area contributed by atoms with Crippen molar-refractivity contribution in [3.8, 4) is 17.0 Å². The lowest BCUT2D eigenvalue weighted by molar-refractivity contribution is -0.125. The molecular formula is C31H38N6O4. The Morgan fingerprint density at radius 2 is 1.95 bits per heavy atom. The van der Waals surface area contributed by atoms with E-state index in [4.69, 9.17) is 14.5 Å². The van der Waals surface area contributed by atoms with Gasteiger partial charge in [-0.05, 0) is 47.9 Å². The van der Waals surface area contributed by atoms with Crippen LogP contribution in [-0.2, 0) is 29.0 Å². The number of benzene rings is 2. The maximum absolute atomic E-state index is 13.3. The second kappa shape index (κ2) is 12.5. The van der Waals surface area contributed by atoms with Crippen LogP contribution in [-0.4, -0.2) is 91.1 Å². The standard InChI is InChI=1S/C31H38N6O4/c1-40-29-5-3-22-16-23(29)18-32-8-9-34-31(39)28-17-25(38)20-37(28)19-24-14-21(15-30-33-7-6-26(22)35-30)2-4-27(24)36-10-12-41-13-11-36/h2-7,14,16,25,28,32,38H,8-13,15,17-20H2,1H3,(H,34,39)/t25-,28-/m1/s1. The van der Waals surface area contributed by atoms with Gasteiger partial charge in [0, 0.05) is 75.2 Å². The summed E-state index contributed by atoms with van der Waals surface area (Å²) in [6.45, 7) is 5.74. The summed E-state index contributed by atoms with van der Waals surface area (Å²) in [5.41, 5.74) is 6.26. The van der Waals surface area contributed by atoms with E-state index in [1.54, 1.807) is 7.11 Å². The highest BCUT2D eigenvalue weighted by molar-refractivity contribution is 5.82. The van der Waals surface area contributed by atoms with Crippen LogP contribution in [0.25, 0.3) is 11.3 Å². The average molecular weight is 559 g/mol. The molecule has 2 aromatic carbocycles. The van der Waals surface area contributed by atoms with Crippen LogP contribution in [0.5, 0.6) is 5.75 Å². The molecule has 2 saturated heterocycles. The van der Waals surface area contributed by atoms with Crippen molar-refractivity contribution in [2.75, 3.05) is 57.9 Å². The van der Waals surface area contributed by atoms with Crippen LogP contribution >= 0.6 is 0 Å². The summed E-state index contributed by atoms with van der Waals surface area (Å²) in [7, 11) is 1.67. The van der Waals surface area contributed by atoms with E-state index in [1.807, 2.05) is 24.4 Å². The Bertz CT molecular complexity index is 1380. The molecular weight excluding hydrogens is 520 g/mol. The Kier molecular flexibility index (Phi) is 8.43. The number of ether oxygens (including phenoxy) is 2. The first-order valence-electron chi connectivity index (χ1n) is 14.4. The first-order chi connectivity index (χ1) is 20.1. The van der Waals surface area contributed by atoms with Gasteiger partial charge >= 0.3 is 0 Å². The van der Waals surface area contributed by atoms with Gasteiger partial charge < -0.3 is 30.1 Å². The fourth-order valence-electron chi connectivity index (χ4n) is 6.05. The van der Waals surface area contributed by atoms with Gasteiger partial charge in [-0.3, -0.25) is 9.69 Å². The number of carbonyl (C=O) groups is 1. The summed E-state index contributed by atoms with van der Waals surface area (Å²) in [4.78, 5) is 27.3. The lowest BCUT2D eigenvalue weighted by atomic mass is 10.0. The molecule has 216 valence electrons. The van der Waals surface area contributed by atoms with Crippen molar-refractivity contribution < 1.29 is 19.4 Å². The third-order valence-electron chi connectivity index (χ3n) is 8.11. The molecule has 1 aromatic heterocycles. The number of hydrogen-bond donors (Lipinski definition) is 3. The molecule has 6 bridgehead atoms. The molecule has 3 aromatic rings. The van der Waals surface area contributed by atoms with Crippen molar-refractivity contribution in [1.82, 2.24) is 25.5 Å². The number of morpholine rings is 1. The van der Waals surface area contributed by atoms with Gasteiger partial charge in [-0.2, -0.15) is 0 Å². The van der Waals surface area contributed by atoms with Gasteiger partial charge in [-0.1, -0.05) is 12.1 Å². The van der Waals surface area contributed by atoms with Gasteiger partial charge in [0.1, 0.15) is 11.6 Å². The number of nitrogens with zero attached hydrogens (tertiary/aromatic N) is 4. The van der Waals surface area contributed by atoms with Crippen molar-refractivity contribution >= 4 is 11.6 Å². The Labute approximate surface area is 240 Å². The molecule has 0 spiro atoms. The van der Waals surface area contributed by atoms with Crippen LogP contribution in [0.3, 0.4) is 0 Å². The van der Waals surface area contributed by atoms with E-state index in [9.17, 15) is 9.90 Å². The Balaban J connectivity index is 1.37. The van der Waals surface area contributed by atoms with Crippen LogP contribution in [0.1, 0.15) is 28.9 Å². The summed E-state index contributed by atoms with van der Waals surface area (Å²) in [5.74, 6) is 1.50. The smallest absolute Gasteiger partial charge is 0.237 e. The summed E-state index contributed by atoms with van der Waals surface area (Å²) >= 11 is 0. The van der Waals surface area contributed by atoms with Gasteiger partial charge in [-0.15, -0.1) is 0 Å². The number of amides is 1. The molecule has 3 N–H and O–H groups in total. The van der Waals surface area contributed by atoms with Gasteiger partial charge in [-0.25, -0.2) is 9.97 Å². The second-order valence-corrected chi connectivity index (χ2v) is 10.9. The Hall–Kier alpha value is -3.57. The number of hydrogen-bond acceptors (Lipinski definition) is 9. The maximum Gasteiger partial charge on any atom is 0.237 e. The lowest BCUT2D eigenvalue weighted by Crippen LogP contribution is -2.45. The fraction of sp³-hybridized carbons (Fsp3) is 0.452. The van der Waals surface area contributed by atoms with Gasteiger partial charge in [0.05, 0.1) is 38.2 Å². The highest BCUT2D eigenvalue weighted by Gasteiger charge is 2.36. The Morgan fingerprint density at radius 3 is 2.80 bits per heavy atom. The minimum absolute atomic E-state index is 0.0469. The first-order valence-corrected chi connectivity index (χ1v) is 14.4. The molecule has 0 aliphatic carbocycles. The van der Waals surface area contributed by atoms with Gasteiger partial charge in [0.2, 0.25) is 5.91 Å². The molecule has 6 rings (SSSR count). The lowest BCUT2D eigenvalue weighted by Gasteiger charge is -2.32. The summed E-state index contributed by atoms with van der Waals surface area (Å²) < 4.78 is 11.2. The van der Waals surface area contributed by atoms with Crippen LogP contribution in [0.4, 0.5) is 5.69 Å². The van der Waals surface area contributed by atoms with Gasteiger partial charge in [0.25, 0.3) is 0 Å². The van der Waals surface area contributed by atoms with E-state index in [0.717, 1.165) is 58.3 Å². The molecule has 0 saturated carbocycles. The number of aliphatic hydroxyl groups is 1. The molecule has 1 amide bonds. The second-order valence-electron chi connectivity index (χ2n) is 10.9. The third kappa shape index (κ3) is 6.36. The molecule has 0 radical (unpaired) electrons. The predicted octanol–water partition coefficient (Wildman–Crippen LogP) is 1.73. The van der Waals surface area contributed by atoms with E-state index >= 15 is 0 Å². The molecule has 10 heteroatoms. The van der Waals surface area contributed by atoms with Crippen molar-refractivity contribution in [3.05, 3.63) is 71.2 Å². The number of aliphatic hydroxyl groups excluding tert-OH is 1. The largest absolute Gasteiger partial charge is 0.496 e. The van der Waals surface area contributed by atoms with Gasteiger partial charge in [0.15, 0.2) is 0 Å². The van der Waals surface area contributed by atoms with Crippen molar-refractivity contribution in [2.24, 2.45) is 0 Å². The van der Waals surface area contributed by atoms with Crippen LogP contribution < -0.4 is 20.3 Å². The zero-order chi connectivity index (χ0) is 28.2. The van der Waals surface area contributed by atoms with E-state index in [2.05, 4.69) is 49.7 Å². The summed E-state index contributed by atoms with van der Waals surface area (Å²) in [6.07, 6.45) is 2.30. The molecule has 41 heavy (non-hydrogen) atoms. The SMILES string of the molecule is COc1ccc2cc1CNCCNC(=O)[C@H]1C[C@@H](O)CN1Cc1cc(ccc1N1CCOCC1)Cc1nccc-2n1. The number of anilines is 1. The van der Waals surface area contributed by atoms with E-state index in [0.29, 0.717) is 58.8 Å². The van der Waals surface area contributed by atoms with E-state index in [-0.39, 0.29) is 11.9 Å². The van der Waals surface area contributed by atoms with Crippen molar-refractivity contribution in [3.63, 3.8) is 0 Å². The van der Waals surface area contributed by atoms with Crippen molar-refractivity contribution in [2.45, 2.75) is 38.1 Å². The normalized spacial score (nSPS) is 22.2. The van der Waals surface area contributed by atoms with Crippen LogP contribution in [0, 0.1) is 0 Å². The average Bonchev–Trinajstić information content (AvgIpc) is 3.37. The minimum atomic E-state index is -0.535. The molecule has 3 aliphatic rings. The number of methoxy groups -OCH3 is 1. The highest BCUT2D eigenvalue weighted by Crippen LogP contribution is 2.30. The highest BCUT2D eigenvalue weighted by atomic mass is 16.5. The topological polar surface area (TPSA) is 112 Å². The molecule has 2 atom stereocenters. The maximum atomic E-state index is 13.3. The van der Waals surface area contributed by atoms with Crippen molar-refractivity contribution in [1.29, 1.82) is 0 Å². The van der Waals surface area contributed by atoms with E-state index < -0.39 is 6.10 Å². The Morgan fingerprint density at radius 1 is 1.07 bits per heavy atom. The minimum Gasteiger partial charge on any atom is -0.496 e. The number of carbonyl (C=O) groups excluding carboxylic acids is 1. The number of aromatic nitrogens is 2. The quantitative estimate of drug-likeness (QED) is 0.433. The number of rotatable bonds is 2. The predicted molar refractivity (Wildman–Crippen MR) is 156 cm³/mol. The fourth-order valence-corrected chi connectivity index (χ4v) is 6.05. The van der Waals surface area contributed by atoms with Crippen LogP contribution in [0.2, 0.25) is 0 Å². The number of fused-ring (bicyclic) bond motifs is 8. The summed E-state index contributed by atoms with van der Waals surface area (Å²) in [6, 6.07) is 14.2. The molecule has 2 fully saturated rings. The summed E-state index contributed by atoms with van der Waals surface area (Å²) in [5, 5.41) is 17.1. The molecule has 4 heterocycles.